The number of aliphatic hydroxyl groups excluding tert-OH is 1. The van der Waals surface area contributed by atoms with E-state index in [-0.39, 0.29) is 24.6 Å². The minimum Gasteiger partial charge on any atom is -0.455 e. The van der Waals surface area contributed by atoms with Gasteiger partial charge < -0.3 is 19.9 Å². The van der Waals surface area contributed by atoms with Crippen LogP contribution in [-0.4, -0.2) is 82.1 Å². The fourth-order valence-corrected chi connectivity index (χ4v) is 4.43. The number of nitrogens with one attached hydrogen (secondary N) is 1. The van der Waals surface area contributed by atoms with Crippen LogP contribution >= 0.6 is 11.8 Å². The minimum absolute atomic E-state index is 0.164. The van der Waals surface area contributed by atoms with Crippen LogP contribution in [0.2, 0.25) is 0 Å². The predicted molar refractivity (Wildman–Crippen MR) is 101 cm³/mol. The van der Waals surface area contributed by atoms with Gasteiger partial charge in [-0.3, -0.25) is 14.6 Å². The summed E-state index contributed by atoms with van der Waals surface area (Å²) >= 11 is 1.58. The zero-order valence-corrected chi connectivity index (χ0v) is 17.0. The highest BCUT2D eigenvalue weighted by atomic mass is 32.2. The first kappa shape index (κ1) is 20.0. The maximum atomic E-state index is 12.8. The summed E-state index contributed by atoms with van der Waals surface area (Å²) in [4.78, 5) is 32.7. The van der Waals surface area contributed by atoms with Gasteiger partial charge in [-0.15, -0.1) is 11.8 Å². The van der Waals surface area contributed by atoms with E-state index in [1.165, 1.54) is 12.0 Å². The highest BCUT2D eigenvalue weighted by Gasteiger charge is 2.54. The largest absolute Gasteiger partial charge is 0.455 e. The number of guanidine groups is 1. The van der Waals surface area contributed by atoms with Gasteiger partial charge in [-0.1, -0.05) is 0 Å². The monoisotopic (exact) mass is 398 g/mol. The molecule has 0 aromatic carbocycles. The van der Waals surface area contributed by atoms with Gasteiger partial charge in [-0.2, -0.15) is 0 Å². The number of amides is 1. The van der Waals surface area contributed by atoms with Crippen LogP contribution in [0.5, 0.6) is 0 Å². The number of aliphatic hydroxyl groups is 1. The molecular formula is C17H26N4O5S. The van der Waals surface area contributed by atoms with Crippen molar-refractivity contribution >= 4 is 29.6 Å². The Hall–Kier alpha value is -1.78. The molecule has 3 atom stereocenters. The highest BCUT2D eigenvalue weighted by Crippen LogP contribution is 2.41. The maximum Gasteiger partial charge on any atom is 0.355 e. The Morgan fingerprint density at radius 2 is 2.15 bits per heavy atom. The van der Waals surface area contributed by atoms with Crippen LogP contribution < -0.4 is 5.32 Å². The number of carbonyl (C=O) groups is 2. The number of aliphatic imine (C=N–C) groups is 1. The first-order chi connectivity index (χ1) is 12.6. The number of carbonyl (C=O) groups excluding carboxylic acids is 2. The average Bonchev–Trinajstić information content (AvgIpc) is 2.91. The molecule has 0 radical (unpaired) electrons. The molecule has 1 fully saturated rings. The molecule has 3 aliphatic heterocycles. The lowest BCUT2D eigenvalue weighted by Crippen LogP contribution is -2.71. The normalized spacial score (nSPS) is 28.0. The van der Waals surface area contributed by atoms with Gasteiger partial charge in [0.1, 0.15) is 29.4 Å². The number of esters is 1. The smallest absolute Gasteiger partial charge is 0.355 e. The quantitative estimate of drug-likeness (QED) is 0.507. The molecule has 2 unspecified atom stereocenters. The number of methoxy groups -OCH3 is 1. The molecule has 1 saturated heterocycles. The van der Waals surface area contributed by atoms with Gasteiger partial charge >= 0.3 is 5.97 Å². The second-order valence-corrected chi connectivity index (χ2v) is 8.80. The number of hydrogen-bond acceptors (Lipinski definition) is 9. The summed E-state index contributed by atoms with van der Waals surface area (Å²) < 4.78 is 10.6. The van der Waals surface area contributed by atoms with Crippen molar-refractivity contribution in [3.8, 4) is 0 Å². The lowest BCUT2D eigenvalue weighted by molar-refractivity contribution is -0.158. The van der Waals surface area contributed by atoms with E-state index >= 15 is 0 Å². The Morgan fingerprint density at radius 1 is 1.44 bits per heavy atom. The minimum atomic E-state index is -0.780. The Bertz CT molecular complexity index is 702. The second kappa shape index (κ2) is 7.33. The Labute approximate surface area is 162 Å². The Morgan fingerprint density at radius 3 is 2.78 bits per heavy atom. The van der Waals surface area contributed by atoms with Crippen molar-refractivity contribution in [3.63, 3.8) is 0 Å². The van der Waals surface area contributed by atoms with Gasteiger partial charge in [-0.05, 0) is 33.3 Å². The molecule has 10 heteroatoms. The van der Waals surface area contributed by atoms with Gasteiger partial charge in [0.05, 0.1) is 6.54 Å². The number of fused-ring (bicyclic) bond motifs is 1. The summed E-state index contributed by atoms with van der Waals surface area (Å²) in [5.74, 6) is 0.367. The number of thioether (sulfide) groups is 1. The number of nitrogens with zero attached hydrogens (tertiary/aromatic N) is 3. The molecule has 0 saturated carbocycles. The van der Waals surface area contributed by atoms with E-state index in [0.717, 1.165) is 5.57 Å². The molecule has 27 heavy (non-hydrogen) atoms. The topological polar surface area (TPSA) is 104 Å². The summed E-state index contributed by atoms with van der Waals surface area (Å²) in [6, 6.07) is -0.524. The molecule has 0 aromatic rings. The Balaban J connectivity index is 1.73. The molecule has 1 amide bonds. The number of ether oxygens (including phenoxy) is 2. The van der Waals surface area contributed by atoms with Crippen molar-refractivity contribution in [1.29, 1.82) is 0 Å². The zero-order valence-electron chi connectivity index (χ0n) is 16.2. The number of hydrogen-bond donors (Lipinski definition) is 2. The van der Waals surface area contributed by atoms with Crippen molar-refractivity contribution in [2.24, 2.45) is 4.99 Å². The van der Waals surface area contributed by atoms with Crippen molar-refractivity contribution in [3.05, 3.63) is 11.3 Å². The van der Waals surface area contributed by atoms with E-state index in [0.29, 0.717) is 17.4 Å². The first-order valence-electron chi connectivity index (χ1n) is 8.76. The zero-order chi connectivity index (χ0) is 19.9. The summed E-state index contributed by atoms with van der Waals surface area (Å²) in [6.45, 7) is 7.62. The van der Waals surface area contributed by atoms with Crippen molar-refractivity contribution in [1.82, 2.24) is 15.1 Å². The van der Waals surface area contributed by atoms with Gasteiger partial charge in [0.25, 0.3) is 5.91 Å². The first-order valence-corrected chi connectivity index (χ1v) is 9.81. The lowest BCUT2D eigenvalue weighted by atomic mass is 10.0. The van der Waals surface area contributed by atoms with Gasteiger partial charge in [0, 0.05) is 12.9 Å². The molecule has 0 spiro atoms. The van der Waals surface area contributed by atoms with Crippen molar-refractivity contribution in [2.75, 3.05) is 26.1 Å². The molecule has 3 aliphatic rings. The third-order valence-electron chi connectivity index (χ3n) is 4.34. The molecule has 3 rings (SSSR count). The molecule has 2 N–H and O–H groups in total. The maximum absolute atomic E-state index is 12.8. The Kier molecular flexibility index (Phi) is 5.42. The van der Waals surface area contributed by atoms with Gasteiger partial charge in [0.15, 0.2) is 12.2 Å². The summed E-state index contributed by atoms with van der Waals surface area (Å²) in [7, 11) is 1.52. The van der Waals surface area contributed by atoms with Crippen LogP contribution in [0.15, 0.2) is 16.3 Å². The average molecular weight is 398 g/mol. The molecule has 3 heterocycles. The van der Waals surface area contributed by atoms with E-state index in [1.54, 1.807) is 37.4 Å². The molecule has 0 aliphatic carbocycles. The van der Waals surface area contributed by atoms with Crippen LogP contribution in [0.3, 0.4) is 0 Å². The van der Waals surface area contributed by atoms with Crippen LogP contribution in [0.1, 0.15) is 27.7 Å². The predicted octanol–water partition coefficient (Wildman–Crippen LogP) is 0.0693. The second-order valence-electron chi connectivity index (χ2n) is 7.70. The van der Waals surface area contributed by atoms with E-state index in [9.17, 15) is 14.7 Å². The lowest BCUT2D eigenvalue weighted by Gasteiger charge is -2.50. The number of β-lactam (4-membered cyclic amide) rings is 1. The summed E-state index contributed by atoms with van der Waals surface area (Å²) in [6.07, 6.45) is -0.780. The van der Waals surface area contributed by atoms with Crippen LogP contribution in [0.4, 0.5) is 0 Å². The molecule has 150 valence electrons. The third kappa shape index (κ3) is 3.78. The van der Waals surface area contributed by atoms with Crippen LogP contribution in [-0.2, 0) is 19.1 Å². The van der Waals surface area contributed by atoms with Gasteiger partial charge in [0.2, 0.25) is 0 Å². The molecule has 9 nitrogen and oxygen atoms in total. The van der Waals surface area contributed by atoms with Crippen molar-refractivity contribution < 1.29 is 24.2 Å². The fraction of sp³-hybridized carbons (Fsp3) is 0.706. The van der Waals surface area contributed by atoms with Crippen LogP contribution in [0, 0.1) is 0 Å². The molecular weight excluding hydrogens is 372 g/mol. The molecule has 0 aromatic heterocycles. The third-order valence-corrected chi connectivity index (χ3v) is 5.76. The van der Waals surface area contributed by atoms with E-state index in [4.69, 9.17) is 9.47 Å². The van der Waals surface area contributed by atoms with E-state index < -0.39 is 23.8 Å². The SMILES string of the molecule is COCN1C(NC2C(=O)N3C(C(=O)OC(C)(C)C)=C(C)CS[C@H]23)=NCC1O. The fourth-order valence-electron chi connectivity index (χ4n) is 3.14. The van der Waals surface area contributed by atoms with E-state index in [1.807, 2.05) is 6.92 Å². The highest BCUT2D eigenvalue weighted by molar-refractivity contribution is 8.00. The summed E-state index contributed by atoms with van der Waals surface area (Å²) in [5, 5.41) is 12.8. The molecule has 0 bridgehead atoms. The van der Waals surface area contributed by atoms with E-state index in [2.05, 4.69) is 10.3 Å². The van der Waals surface area contributed by atoms with Crippen LogP contribution in [0.25, 0.3) is 0 Å². The summed E-state index contributed by atoms with van der Waals surface area (Å²) in [5.41, 5.74) is 0.525. The number of rotatable bonds is 4. The van der Waals surface area contributed by atoms with Crippen molar-refractivity contribution in [2.45, 2.75) is 50.9 Å². The van der Waals surface area contributed by atoms with Gasteiger partial charge in [-0.25, -0.2) is 9.79 Å². The standard InChI is InChI=1S/C17H26N4O5S/c1-9-7-27-14-11(19-16-18-6-10(22)20(16)8-25-5)13(23)21(14)12(9)15(24)26-17(2,3)4/h10-11,14,22H,6-8H2,1-5H3,(H,18,19)/t10?,11?,14-/m1/s1.